The average Bonchev–Trinajstić information content (AvgIpc) is 2.87. The molecule has 9 heteroatoms. The molecule has 0 unspecified atom stereocenters. The van der Waals surface area contributed by atoms with E-state index in [2.05, 4.69) is 5.32 Å². The molecule has 0 aromatic heterocycles. The molecule has 4 amide bonds. The predicted octanol–water partition coefficient (Wildman–Crippen LogP) is 1.43. The lowest BCUT2D eigenvalue weighted by atomic mass is 10.1. The van der Waals surface area contributed by atoms with E-state index in [9.17, 15) is 24.0 Å². The van der Waals surface area contributed by atoms with Gasteiger partial charge in [0.05, 0.1) is 0 Å². The number of rotatable bonds is 8. The molecule has 0 saturated carbocycles. The topological polar surface area (TPSA) is 113 Å². The average molecular weight is 389 g/mol. The Kier molecular flexibility index (Phi) is 6.86. The van der Waals surface area contributed by atoms with Crippen LogP contribution in [-0.4, -0.2) is 65.6 Å². The van der Waals surface area contributed by atoms with E-state index in [0.717, 1.165) is 4.90 Å². The van der Waals surface area contributed by atoms with Crippen LogP contribution in [0.3, 0.4) is 0 Å². The molecule has 1 aromatic rings. The molecule has 2 rings (SSSR count). The van der Waals surface area contributed by atoms with E-state index >= 15 is 0 Å². The summed E-state index contributed by atoms with van der Waals surface area (Å²) in [4.78, 5) is 61.2. The normalized spacial score (nSPS) is 14.8. The van der Waals surface area contributed by atoms with Gasteiger partial charge in [-0.05, 0) is 32.4 Å². The largest absolute Gasteiger partial charge is 0.453 e. The van der Waals surface area contributed by atoms with Gasteiger partial charge in [0.15, 0.2) is 11.9 Å². The summed E-state index contributed by atoms with van der Waals surface area (Å²) < 4.78 is 5.08. The number of benzene rings is 1. The monoisotopic (exact) mass is 389 g/mol. The fourth-order valence-corrected chi connectivity index (χ4v) is 2.64. The number of urea groups is 1. The third kappa shape index (κ3) is 5.38. The molecule has 0 bridgehead atoms. The van der Waals surface area contributed by atoms with Crippen molar-refractivity contribution in [2.24, 2.45) is 0 Å². The van der Waals surface area contributed by atoms with Gasteiger partial charge in [-0.3, -0.25) is 24.1 Å². The maximum Gasteiger partial charge on any atom is 0.326 e. The van der Waals surface area contributed by atoms with Crippen LogP contribution < -0.4 is 5.32 Å². The van der Waals surface area contributed by atoms with Crippen molar-refractivity contribution in [3.63, 3.8) is 0 Å². The van der Waals surface area contributed by atoms with Crippen LogP contribution in [-0.2, 0) is 19.1 Å². The van der Waals surface area contributed by atoms with Gasteiger partial charge in [0.2, 0.25) is 5.91 Å². The van der Waals surface area contributed by atoms with E-state index in [1.54, 1.807) is 18.2 Å². The molecule has 150 valence electrons. The fourth-order valence-electron chi connectivity index (χ4n) is 2.64. The fraction of sp³-hybridized carbons (Fsp3) is 0.421. The second kappa shape index (κ2) is 9.12. The van der Waals surface area contributed by atoms with Crippen molar-refractivity contribution < 1.29 is 28.7 Å². The van der Waals surface area contributed by atoms with Crippen LogP contribution >= 0.6 is 0 Å². The number of esters is 1. The van der Waals surface area contributed by atoms with Crippen LogP contribution in [0.5, 0.6) is 0 Å². The van der Waals surface area contributed by atoms with Crippen LogP contribution in [0.25, 0.3) is 0 Å². The van der Waals surface area contributed by atoms with E-state index < -0.39 is 18.0 Å². The lowest BCUT2D eigenvalue weighted by Gasteiger charge is -2.15. The van der Waals surface area contributed by atoms with E-state index in [1.807, 2.05) is 0 Å². The lowest BCUT2D eigenvalue weighted by molar-refractivity contribution is -0.153. The summed E-state index contributed by atoms with van der Waals surface area (Å²) in [5.41, 5.74) is 0.884. The highest BCUT2D eigenvalue weighted by molar-refractivity contribution is 6.02. The molecular weight excluding hydrogens is 366 g/mol. The number of ether oxygens (including phenoxy) is 1. The Morgan fingerprint density at radius 3 is 2.57 bits per heavy atom. The van der Waals surface area contributed by atoms with Gasteiger partial charge in [0, 0.05) is 31.3 Å². The van der Waals surface area contributed by atoms with Gasteiger partial charge in [0.1, 0.15) is 6.54 Å². The molecule has 1 atom stereocenters. The first-order valence-corrected chi connectivity index (χ1v) is 8.86. The first-order chi connectivity index (χ1) is 13.2. The quantitative estimate of drug-likeness (QED) is 0.409. The summed E-state index contributed by atoms with van der Waals surface area (Å²) in [5.74, 6) is -1.56. The van der Waals surface area contributed by atoms with E-state index in [-0.39, 0.29) is 43.7 Å². The molecule has 0 aliphatic carbocycles. The van der Waals surface area contributed by atoms with E-state index in [1.165, 1.54) is 31.9 Å². The molecule has 1 N–H and O–H groups in total. The number of carbonyl (C=O) groups excluding carboxylic acids is 5. The van der Waals surface area contributed by atoms with E-state index in [4.69, 9.17) is 4.74 Å². The summed E-state index contributed by atoms with van der Waals surface area (Å²) in [6.07, 6.45) is -0.813. The zero-order chi connectivity index (χ0) is 20.8. The summed E-state index contributed by atoms with van der Waals surface area (Å²) in [6, 6.07) is 6.05. The van der Waals surface area contributed by atoms with Crippen molar-refractivity contribution in [1.29, 1.82) is 0 Å². The number of ketones is 1. The van der Waals surface area contributed by atoms with Gasteiger partial charge in [-0.15, -0.1) is 0 Å². The van der Waals surface area contributed by atoms with E-state index in [0.29, 0.717) is 11.3 Å². The van der Waals surface area contributed by atoms with Crippen LogP contribution in [0, 0.1) is 0 Å². The van der Waals surface area contributed by atoms with Gasteiger partial charge in [-0.1, -0.05) is 12.1 Å². The highest BCUT2D eigenvalue weighted by atomic mass is 16.5. The number of carbonyl (C=O) groups is 5. The number of hydrogen-bond donors (Lipinski definition) is 1. The Morgan fingerprint density at radius 1 is 1.25 bits per heavy atom. The van der Waals surface area contributed by atoms with Crippen LogP contribution in [0.4, 0.5) is 10.5 Å². The number of Topliss-reactive ketones (excluding diaryl/α,β-unsaturated/α-hetero) is 1. The molecule has 1 saturated heterocycles. The summed E-state index contributed by atoms with van der Waals surface area (Å²) in [6.45, 7) is 3.01. The Labute approximate surface area is 162 Å². The molecule has 0 spiro atoms. The smallest absolute Gasteiger partial charge is 0.326 e. The molecule has 9 nitrogen and oxygen atoms in total. The van der Waals surface area contributed by atoms with Crippen LogP contribution in [0.2, 0.25) is 0 Å². The van der Waals surface area contributed by atoms with Gasteiger partial charge < -0.3 is 15.0 Å². The number of nitrogens with one attached hydrogen (secondary N) is 1. The Hall–Kier alpha value is -3.23. The number of nitrogens with zero attached hydrogens (tertiary/aromatic N) is 2. The molecule has 1 aliphatic rings. The highest BCUT2D eigenvalue weighted by Crippen LogP contribution is 2.13. The standard InChI is InChI=1S/C19H23N3O6/c1-12(23)14-6-4-7-15(10-14)20-18(26)13(2)28-17(25)8-5-9-22-16(24)11-21(3)19(22)27/h4,6-7,10,13H,5,8-9,11H2,1-3H3,(H,20,26)/t13-/m1/s1. The Bertz CT molecular complexity index is 807. The van der Waals surface area contributed by atoms with Crippen molar-refractivity contribution in [3.05, 3.63) is 29.8 Å². The summed E-state index contributed by atoms with van der Waals surface area (Å²) in [5, 5.41) is 2.59. The number of hydrogen-bond acceptors (Lipinski definition) is 6. The van der Waals surface area contributed by atoms with Crippen molar-refractivity contribution in [2.75, 3.05) is 25.5 Å². The van der Waals surface area contributed by atoms with Crippen molar-refractivity contribution in [2.45, 2.75) is 32.8 Å². The maximum absolute atomic E-state index is 12.2. The SMILES string of the molecule is CC(=O)c1cccc(NC(=O)[C@@H](C)OC(=O)CCCN2C(=O)CN(C)C2=O)c1. The van der Waals surface area contributed by atoms with Crippen LogP contribution in [0.15, 0.2) is 24.3 Å². The Balaban J connectivity index is 1.78. The lowest BCUT2D eigenvalue weighted by Crippen LogP contribution is -2.33. The van der Waals surface area contributed by atoms with Crippen molar-refractivity contribution in [3.8, 4) is 0 Å². The molecular formula is C19H23N3O6. The minimum Gasteiger partial charge on any atom is -0.453 e. The summed E-state index contributed by atoms with van der Waals surface area (Å²) in [7, 11) is 1.53. The molecule has 1 fully saturated rings. The minimum absolute atomic E-state index is 0.0295. The third-order valence-electron chi connectivity index (χ3n) is 4.21. The first-order valence-electron chi connectivity index (χ1n) is 8.86. The van der Waals surface area contributed by atoms with Crippen LogP contribution in [0.1, 0.15) is 37.0 Å². The minimum atomic E-state index is -1.03. The second-order valence-electron chi connectivity index (χ2n) is 6.55. The molecule has 1 heterocycles. The second-order valence-corrected chi connectivity index (χ2v) is 6.55. The zero-order valence-electron chi connectivity index (χ0n) is 16.1. The molecule has 1 aromatic carbocycles. The number of amides is 4. The number of imide groups is 1. The van der Waals surface area contributed by atoms with Crippen molar-refractivity contribution in [1.82, 2.24) is 9.80 Å². The van der Waals surface area contributed by atoms with Gasteiger partial charge >= 0.3 is 12.0 Å². The summed E-state index contributed by atoms with van der Waals surface area (Å²) >= 11 is 0. The zero-order valence-corrected chi connectivity index (χ0v) is 16.1. The molecule has 28 heavy (non-hydrogen) atoms. The Morgan fingerprint density at radius 2 is 1.96 bits per heavy atom. The highest BCUT2D eigenvalue weighted by Gasteiger charge is 2.33. The molecule has 1 aliphatic heterocycles. The number of likely N-dealkylation sites (N-methyl/N-ethyl adjacent to an activating group) is 1. The van der Waals surface area contributed by atoms with Gasteiger partial charge in [0.25, 0.3) is 5.91 Å². The molecule has 0 radical (unpaired) electrons. The predicted molar refractivity (Wildman–Crippen MR) is 99.6 cm³/mol. The number of anilines is 1. The third-order valence-corrected chi connectivity index (χ3v) is 4.21. The van der Waals surface area contributed by atoms with Gasteiger partial charge in [-0.25, -0.2) is 4.79 Å². The first kappa shape index (κ1) is 21.1. The van der Waals surface area contributed by atoms with Gasteiger partial charge in [-0.2, -0.15) is 0 Å². The maximum atomic E-state index is 12.2. The van der Waals surface area contributed by atoms with Crippen molar-refractivity contribution >= 4 is 35.3 Å².